The number of carbonyl (C=O) groups is 1. The number of unbranched alkanes of at least 4 members (excludes halogenated alkanes) is 2. The smallest absolute Gasteiger partial charge is 0.227 e. The van der Waals surface area contributed by atoms with Crippen LogP contribution in [-0.4, -0.2) is 19.0 Å². The van der Waals surface area contributed by atoms with Crippen LogP contribution in [0.2, 0.25) is 0 Å². The average molecular weight is 250 g/mol. The van der Waals surface area contributed by atoms with Crippen LogP contribution in [0.4, 0.5) is 0 Å². The number of hydrogen-bond acceptors (Lipinski definition) is 2. The summed E-state index contributed by atoms with van der Waals surface area (Å²) in [5.74, 6) is 3.49. The minimum absolute atomic E-state index is 0.151. The molecule has 0 aromatic rings. The number of nitrogens with one attached hydrogen (secondary N) is 1. The Morgan fingerprint density at radius 1 is 1.44 bits per heavy atom. The van der Waals surface area contributed by atoms with E-state index >= 15 is 0 Å². The van der Waals surface area contributed by atoms with E-state index in [1.807, 2.05) is 0 Å². The molecule has 0 aromatic carbocycles. The molecule has 0 bridgehead atoms. The molecule has 0 atom stereocenters. The maximum atomic E-state index is 12.3. The predicted molar refractivity (Wildman–Crippen MR) is 74.8 cm³/mol. The Morgan fingerprint density at radius 3 is 2.67 bits per heavy atom. The third-order valence-electron chi connectivity index (χ3n) is 4.14. The topological polar surface area (TPSA) is 55.1 Å². The van der Waals surface area contributed by atoms with Gasteiger partial charge in [-0.05, 0) is 44.4 Å². The maximum absolute atomic E-state index is 12.3. The van der Waals surface area contributed by atoms with Crippen molar-refractivity contribution < 1.29 is 4.79 Å². The fourth-order valence-electron chi connectivity index (χ4n) is 2.58. The van der Waals surface area contributed by atoms with Gasteiger partial charge in [-0.2, -0.15) is 0 Å². The van der Waals surface area contributed by atoms with Crippen LogP contribution in [0.3, 0.4) is 0 Å². The van der Waals surface area contributed by atoms with Crippen LogP contribution in [0, 0.1) is 23.7 Å². The van der Waals surface area contributed by atoms with Crippen molar-refractivity contribution in [3.05, 3.63) is 0 Å². The Bertz CT molecular complexity index is 298. The van der Waals surface area contributed by atoms with Crippen LogP contribution < -0.4 is 11.1 Å². The summed E-state index contributed by atoms with van der Waals surface area (Å²) in [6, 6.07) is 0. The van der Waals surface area contributed by atoms with E-state index in [4.69, 9.17) is 12.2 Å². The Kier molecular flexibility index (Phi) is 6.21. The first-order valence-corrected chi connectivity index (χ1v) is 7.06. The number of hydrogen-bond donors (Lipinski definition) is 2. The van der Waals surface area contributed by atoms with E-state index in [0.29, 0.717) is 6.54 Å². The maximum Gasteiger partial charge on any atom is 0.227 e. The molecule has 0 aliphatic heterocycles. The minimum atomic E-state index is -0.307. The Hall–Kier alpha value is -1.01. The van der Waals surface area contributed by atoms with Gasteiger partial charge in [0.25, 0.3) is 0 Å². The Balaban J connectivity index is 2.36. The minimum Gasteiger partial charge on any atom is -0.356 e. The van der Waals surface area contributed by atoms with Crippen molar-refractivity contribution in [2.45, 2.75) is 51.9 Å². The monoisotopic (exact) mass is 250 g/mol. The van der Waals surface area contributed by atoms with E-state index in [0.717, 1.165) is 57.4 Å². The molecule has 1 aliphatic rings. The molecule has 3 heteroatoms. The zero-order valence-corrected chi connectivity index (χ0v) is 11.5. The van der Waals surface area contributed by atoms with E-state index in [9.17, 15) is 4.79 Å². The third-order valence-corrected chi connectivity index (χ3v) is 4.14. The lowest BCUT2D eigenvalue weighted by molar-refractivity contribution is -0.132. The first-order chi connectivity index (χ1) is 8.64. The van der Waals surface area contributed by atoms with Gasteiger partial charge in [0.1, 0.15) is 0 Å². The van der Waals surface area contributed by atoms with Gasteiger partial charge < -0.3 is 11.1 Å². The van der Waals surface area contributed by atoms with Crippen LogP contribution in [0.1, 0.15) is 51.9 Å². The zero-order valence-electron chi connectivity index (χ0n) is 11.5. The van der Waals surface area contributed by atoms with Crippen LogP contribution in [0.5, 0.6) is 0 Å². The van der Waals surface area contributed by atoms with Crippen molar-refractivity contribution in [3.63, 3.8) is 0 Å². The van der Waals surface area contributed by atoms with Gasteiger partial charge in [-0.3, -0.25) is 4.79 Å². The van der Waals surface area contributed by atoms with Crippen LogP contribution >= 0.6 is 0 Å². The highest BCUT2D eigenvalue weighted by molar-refractivity contribution is 5.83. The summed E-state index contributed by atoms with van der Waals surface area (Å²) in [5, 5.41) is 3.03. The van der Waals surface area contributed by atoms with Crippen molar-refractivity contribution in [2.75, 3.05) is 13.1 Å². The second-order valence-electron chi connectivity index (χ2n) is 5.58. The summed E-state index contributed by atoms with van der Waals surface area (Å²) < 4.78 is 0. The van der Waals surface area contributed by atoms with E-state index < -0.39 is 0 Å². The summed E-state index contributed by atoms with van der Waals surface area (Å²) in [6.07, 6.45) is 12.0. The fourth-order valence-corrected chi connectivity index (χ4v) is 2.58. The van der Waals surface area contributed by atoms with Crippen molar-refractivity contribution in [1.29, 1.82) is 0 Å². The van der Waals surface area contributed by atoms with E-state index in [2.05, 4.69) is 18.2 Å². The first kappa shape index (κ1) is 15.0. The second-order valence-corrected chi connectivity index (χ2v) is 5.58. The molecule has 0 unspecified atom stereocenters. The van der Waals surface area contributed by atoms with Crippen LogP contribution in [0.15, 0.2) is 0 Å². The highest BCUT2D eigenvalue weighted by Gasteiger charge is 2.39. The summed E-state index contributed by atoms with van der Waals surface area (Å²) >= 11 is 0. The molecule has 1 fully saturated rings. The van der Waals surface area contributed by atoms with Crippen molar-refractivity contribution >= 4 is 5.91 Å². The van der Waals surface area contributed by atoms with Gasteiger partial charge in [0, 0.05) is 19.5 Å². The van der Waals surface area contributed by atoms with E-state index in [1.54, 1.807) is 0 Å². The molecular formula is C15H26N2O. The number of rotatable bonds is 6. The van der Waals surface area contributed by atoms with Crippen LogP contribution in [0.25, 0.3) is 0 Å². The largest absolute Gasteiger partial charge is 0.356 e. The molecule has 102 valence electrons. The molecule has 1 aliphatic carbocycles. The molecule has 3 nitrogen and oxygen atoms in total. The first-order valence-electron chi connectivity index (χ1n) is 7.06. The predicted octanol–water partition coefficient (Wildman–Crippen LogP) is 2.06. The summed E-state index contributed by atoms with van der Waals surface area (Å²) in [7, 11) is 0. The number of amides is 1. The lowest BCUT2D eigenvalue weighted by Crippen LogP contribution is -2.48. The summed E-state index contributed by atoms with van der Waals surface area (Å²) in [5.41, 5.74) is 5.54. The molecule has 0 aromatic heterocycles. The number of carbonyl (C=O) groups excluding carboxylic acids is 1. The zero-order chi connectivity index (χ0) is 13.4. The number of terminal acetylenes is 1. The molecule has 1 rings (SSSR count). The van der Waals surface area contributed by atoms with Crippen molar-refractivity contribution in [2.24, 2.45) is 17.1 Å². The summed E-state index contributed by atoms with van der Waals surface area (Å²) in [6.45, 7) is 3.44. The highest BCUT2D eigenvalue weighted by Crippen LogP contribution is 2.38. The molecule has 0 spiro atoms. The highest BCUT2D eigenvalue weighted by atomic mass is 16.2. The van der Waals surface area contributed by atoms with Gasteiger partial charge in [0.2, 0.25) is 5.91 Å². The van der Waals surface area contributed by atoms with Gasteiger partial charge in [0.15, 0.2) is 0 Å². The molecule has 1 saturated carbocycles. The Labute approximate surface area is 111 Å². The molecule has 0 radical (unpaired) electrons. The van der Waals surface area contributed by atoms with Gasteiger partial charge >= 0.3 is 0 Å². The van der Waals surface area contributed by atoms with Crippen molar-refractivity contribution in [3.8, 4) is 12.3 Å². The van der Waals surface area contributed by atoms with Crippen LogP contribution in [-0.2, 0) is 4.79 Å². The summed E-state index contributed by atoms with van der Waals surface area (Å²) in [4.78, 5) is 12.3. The van der Waals surface area contributed by atoms with E-state index in [1.165, 1.54) is 0 Å². The SMILES string of the molecule is C#CCCCCNC(=O)C1(CN)CCC(C)CC1. The molecular weight excluding hydrogens is 224 g/mol. The third kappa shape index (κ3) is 4.03. The van der Waals surface area contributed by atoms with Gasteiger partial charge in [0.05, 0.1) is 5.41 Å². The van der Waals surface area contributed by atoms with Gasteiger partial charge in [-0.1, -0.05) is 6.92 Å². The van der Waals surface area contributed by atoms with Crippen molar-refractivity contribution in [1.82, 2.24) is 5.32 Å². The second kappa shape index (κ2) is 7.43. The lowest BCUT2D eigenvalue weighted by Gasteiger charge is -2.37. The quantitative estimate of drug-likeness (QED) is 0.560. The molecule has 0 heterocycles. The van der Waals surface area contributed by atoms with Gasteiger partial charge in [-0.25, -0.2) is 0 Å². The van der Waals surface area contributed by atoms with Gasteiger partial charge in [-0.15, -0.1) is 12.3 Å². The molecule has 0 saturated heterocycles. The standard InChI is InChI=1S/C15H26N2O/c1-3-4-5-6-11-17-14(18)15(12-16)9-7-13(2)8-10-15/h1,13H,4-12,16H2,2H3,(H,17,18). The molecule has 1 amide bonds. The lowest BCUT2D eigenvalue weighted by atomic mass is 9.70. The fraction of sp³-hybridized carbons (Fsp3) is 0.800. The molecule has 3 N–H and O–H groups in total. The Morgan fingerprint density at radius 2 is 2.11 bits per heavy atom. The van der Waals surface area contributed by atoms with E-state index in [-0.39, 0.29) is 11.3 Å². The molecule has 18 heavy (non-hydrogen) atoms. The number of nitrogens with two attached hydrogens (primary N) is 1. The average Bonchev–Trinajstić information content (AvgIpc) is 2.39. The normalized spacial score (nSPS) is 27.5.